The number of aliphatic hydroxyl groups excluding tert-OH is 1. The molecule has 4 unspecified atom stereocenters. The van der Waals surface area contributed by atoms with Gasteiger partial charge < -0.3 is 10.4 Å². The number of hydrogen-bond acceptors (Lipinski definition) is 3. The minimum absolute atomic E-state index is 0.187. The van der Waals surface area contributed by atoms with Gasteiger partial charge in [0.15, 0.2) is 0 Å². The van der Waals surface area contributed by atoms with Crippen LogP contribution in [0, 0.1) is 5.92 Å². The van der Waals surface area contributed by atoms with Crippen LogP contribution >= 0.6 is 0 Å². The second-order valence-corrected chi connectivity index (χ2v) is 5.20. The molecule has 3 nitrogen and oxygen atoms in total. The van der Waals surface area contributed by atoms with Crippen molar-refractivity contribution in [1.82, 2.24) is 10.2 Å². The first-order valence-electron chi connectivity index (χ1n) is 6.73. The average molecular weight is 228 g/mol. The van der Waals surface area contributed by atoms with E-state index in [9.17, 15) is 5.11 Å². The van der Waals surface area contributed by atoms with Gasteiger partial charge in [-0.2, -0.15) is 0 Å². The van der Waals surface area contributed by atoms with Gasteiger partial charge in [0.2, 0.25) is 0 Å². The quantitative estimate of drug-likeness (QED) is 0.748. The van der Waals surface area contributed by atoms with E-state index in [-0.39, 0.29) is 6.10 Å². The molecular formula is C13H28N2O. The number of rotatable bonds is 5. The Hall–Kier alpha value is -0.120. The van der Waals surface area contributed by atoms with Crippen molar-refractivity contribution in [1.29, 1.82) is 0 Å². The van der Waals surface area contributed by atoms with Gasteiger partial charge in [0.1, 0.15) is 0 Å². The third-order valence-corrected chi connectivity index (χ3v) is 3.90. The molecular weight excluding hydrogens is 200 g/mol. The second kappa shape index (κ2) is 6.58. The van der Waals surface area contributed by atoms with Crippen LogP contribution in [0.2, 0.25) is 0 Å². The normalized spacial score (nSPS) is 31.3. The predicted molar refractivity (Wildman–Crippen MR) is 68.6 cm³/mol. The fourth-order valence-electron chi connectivity index (χ4n) is 2.58. The molecule has 0 saturated carbocycles. The lowest BCUT2D eigenvalue weighted by molar-refractivity contribution is 0.0320. The largest absolute Gasteiger partial charge is 0.393 e. The van der Waals surface area contributed by atoms with Gasteiger partial charge in [-0.1, -0.05) is 13.8 Å². The molecule has 0 radical (unpaired) electrons. The Labute approximate surface area is 100 Å². The summed E-state index contributed by atoms with van der Waals surface area (Å²) < 4.78 is 0. The number of likely N-dealkylation sites (N-methyl/N-ethyl adjacent to an activating group) is 1. The minimum atomic E-state index is -0.187. The van der Waals surface area contributed by atoms with Crippen LogP contribution in [-0.2, 0) is 0 Å². The fraction of sp³-hybridized carbons (Fsp3) is 1.00. The Morgan fingerprint density at radius 2 is 2.00 bits per heavy atom. The molecule has 1 aliphatic rings. The molecule has 96 valence electrons. The van der Waals surface area contributed by atoms with Gasteiger partial charge in [0.25, 0.3) is 0 Å². The van der Waals surface area contributed by atoms with E-state index in [1.165, 1.54) is 6.42 Å². The molecule has 1 rings (SSSR count). The summed E-state index contributed by atoms with van der Waals surface area (Å²) in [4.78, 5) is 2.52. The summed E-state index contributed by atoms with van der Waals surface area (Å²) in [7, 11) is 0. The summed E-state index contributed by atoms with van der Waals surface area (Å²) in [5, 5.41) is 13.3. The molecule has 0 bridgehead atoms. The van der Waals surface area contributed by atoms with Crippen LogP contribution in [0.1, 0.15) is 40.5 Å². The number of aliphatic hydroxyl groups is 1. The predicted octanol–water partition coefficient (Wildman–Crippen LogP) is 1.47. The number of piperidine rings is 1. The van der Waals surface area contributed by atoms with Crippen molar-refractivity contribution >= 4 is 0 Å². The fourth-order valence-corrected chi connectivity index (χ4v) is 2.58. The number of hydrogen-bond donors (Lipinski definition) is 2. The van der Waals surface area contributed by atoms with Crippen LogP contribution in [-0.4, -0.2) is 47.8 Å². The molecule has 0 spiro atoms. The standard InChI is InChI=1S/C13H28N2O/c1-5-10(3)15-8-12(11(4)16)7-13(9-15)14-6-2/h10-14,16H,5-9H2,1-4H3. The maximum atomic E-state index is 9.78. The molecule has 0 amide bonds. The molecule has 0 aliphatic carbocycles. The van der Waals surface area contributed by atoms with E-state index < -0.39 is 0 Å². The molecule has 0 aromatic rings. The number of nitrogens with zero attached hydrogens (tertiary/aromatic N) is 1. The van der Waals surface area contributed by atoms with Gasteiger partial charge in [-0.15, -0.1) is 0 Å². The highest BCUT2D eigenvalue weighted by molar-refractivity contribution is 4.87. The Morgan fingerprint density at radius 1 is 1.31 bits per heavy atom. The van der Waals surface area contributed by atoms with E-state index in [0.717, 1.165) is 26.1 Å². The van der Waals surface area contributed by atoms with Crippen molar-refractivity contribution in [2.75, 3.05) is 19.6 Å². The first-order chi connectivity index (χ1) is 7.58. The van der Waals surface area contributed by atoms with Crippen LogP contribution in [0.4, 0.5) is 0 Å². The first-order valence-corrected chi connectivity index (χ1v) is 6.73. The van der Waals surface area contributed by atoms with E-state index in [2.05, 4.69) is 31.0 Å². The summed E-state index contributed by atoms with van der Waals surface area (Å²) in [6, 6.07) is 1.18. The summed E-state index contributed by atoms with van der Waals surface area (Å²) >= 11 is 0. The first kappa shape index (κ1) is 13.9. The van der Waals surface area contributed by atoms with E-state index in [4.69, 9.17) is 0 Å². The molecule has 2 N–H and O–H groups in total. The summed E-state index contributed by atoms with van der Waals surface area (Å²) in [5.74, 6) is 0.423. The zero-order chi connectivity index (χ0) is 12.1. The van der Waals surface area contributed by atoms with Crippen molar-refractivity contribution in [3.05, 3.63) is 0 Å². The van der Waals surface area contributed by atoms with E-state index >= 15 is 0 Å². The zero-order valence-corrected chi connectivity index (χ0v) is 11.2. The Kier molecular flexibility index (Phi) is 5.73. The third kappa shape index (κ3) is 3.72. The topological polar surface area (TPSA) is 35.5 Å². The Bertz CT molecular complexity index is 196. The van der Waals surface area contributed by atoms with Gasteiger partial charge in [0, 0.05) is 25.2 Å². The van der Waals surface area contributed by atoms with Crippen molar-refractivity contribution in [3.63, 3.8) is 0 Å². The van der Waals surface area contributed by atoms with Gasteiger partial charge in [-0.25, -0.2) is 0 Å². The SMILES string of the molecule is CCNC1CC(C(C)O)CN(C(C)CC)C1. The highest BCUT2D eigenvalue weighted by Gasteiger charge is 2.30. The molecule has 1 heterocycles. The van der Waals surface area contributed by atoms with E-state index in [1.54, 1.807) is 0 Å². The Balaban J connectivity index is 2.58. The van der Waals surface area contributed by atoms with Gasteiger partial charge >= 0.3 is 0 Å². The highest BCUT2D eigenvalue weighted by atomic mass is 16.3. The molecule has 1 saturated heterocycles. The smallest absolute Gasteiger partial charge is 0.0553 e. The maximum Gasteiger partial charge on any atom is 0.0553 e. The second-order valence-electron chi connectivity index (χ2n) is 5.20. The van der Waals surface area contributed by atoms with Crippen LogP contribution < -0.4 is 5.32 Å². The average Bonchev–Trinajstić information content (AvgIpc) is 2.28. The van der Waals surface area contributed by atoms with E-state index in [1.807, 2.05) is 6.92 Å². The molecule has 1 aliphatic heterocycles. The van der Waals surface area contributed by atoms with Crippen LogP contribution in [0.5, 0.6) is 0 Å². The molecule has 0 aromatic heterocycles. The number of likely N-dealkylation sites (tertiary alicyclic amines) is 1. The lowest BCUT2D eigenvalue weighted by atomic mass is 9.89. The van der Waals surface area contributed by atoms with Crippen molar-refractivity contribution in [2.24, 2.45) is 5.92 Å². The highest BCUT2D eigenvalue weighted by Crippen LogP contribution is 2.22. The van der Waals surface area contributed by atoms with Crippen LogP contribution in [0.15, 0.2) is 0 Å². The lowest BCUT2D eigenvalue weighted by Gasteiger charge is -2.42. The lowest BCUT2D eigenvalue weighted by Crippen LogP contribution is -2.53. The van der Waals surface area contributed by atoms with Gasteiger partial charge in [0.05, 0.1) is 6.10 Å². The molecule has 0 aromatic carbocycles. The maximum absolute atomic E-state index is 9.78. The van der Waals surface area contributed by atoms with Crippen LogP contribution in [0.3, 0.4) is 0 Å². The molecule has 3 heteroatoms. The Morgan fingerprint density at radius 3 is 2.50 bits per heavy atom. The van der Waals surface area contributed by atoms with Crippen molar-refractivity contribution < 1.29 is 5.11 Å². The molecule has 16 heavy (non-hydrogen) atoms. The molecule has 1 fully saturated rings. The number of nitrogens with one attached hydrogen (secondary N) is 1. The zero-order valence-electron chi connectivity index (χ0n) is 11.2. The summed E-state index contributed by atoms with van der Waals surface area (Å²) in [6.45, 7) is 11.8. The minimum Gasteiger partial charge on any atom is -0.393 e. The third-order valence-electron chi connectivity index (χ3n) is 3.90. The van der Waals surface area contributed by atoms with Gasteiger partial charge in [-0.3, -0.25) is 4.90 Å². The van der Waals surface area contributed by atoms with Crippen molar-refractivity contribution in [3.8, 4) is 0 Å². The van der Waals surface area contributed by atoms with E-state index in [0.29, 0.717) is 18.0 Å². The monoisotopic (exact) mass is 228 g/mol. The summed E-state index contributed by atoms with van der Waals surface area (Å²) in [5.41, 5.74) is 0. The van der Waals surface area contributed by atoms with Crippen molar-refractivity contribution in [2.45, 2.75) is 58.7 Å². The molecule has 4 atom stereocenters. The van der Waals surface area contributed by atoms with Gasteiger partial charge in [-0.05, 0) is 39.2 Å². The van der Waals surface area contributed by atoms with Crippen LogP contribution in [0.25, 0.3) is 0 Å². The summed E-state index contributed by atoms with van der Waals surface area (Å²) in [6.07, 6.45) is 2.11.